The largest absolute Gasteiger partial charge is 1.00 e. The van der Waals surface area contributed by atoms with Gasteiger partial charge in [0.2, 0.25) is 0 Å². The van der Waals surface area contributed by atoms with Gasteiger partial charge in [-0.2, -0.15) is 9.74 Å². The van der Waals surface area contributed by atoms with Gasteiger partial charge in [-0.3, -0.25) is 0 Å². The van der Waals surface area contributed by atoms with Gasteiger partial charge in [0, 0.05) is 4.90 Å². The molecule has 0 saturated heterocycles. The Kier molecular flexibility index (Phi) is 6.68. The van der Waals surface area contributed by atoms with Crippen LogP contribution in [0.25, 0.3) is 0 Å². The maximum Gasteiger partial charge on any atom is 1.00 e. The van der Waals surface area contributed by atoms with E-state index in [-0.39, 0.29) is 51.4 Å². The van der Waals surface area contributed by atoms with Crippen molar-refractivity contribution in [3.05, 3.63) is 29.8 Å². The average Bonchev–Trinajstić information content (AvgIpc) is 1.88. The molecule has 0 aliphatic rings. The van der Waals surface area contributed by atoms with E-state index >= 15 is 0 Å². The molecule has 4 heteroatoms. The van der Waals surface area contributed by atoms with Crippen molar-refractivity contribution in [3.63, 3.8) is 0 Å². The molecule has 0 heterocycles. The molecule has 0 aliphatic heterocycles. The fraction of sp³-hybridized carbons (Fsp3) is 0.143. The van der Waals surface area contributed by atoms with E-state index in [4.69, 9.17) is 0 Å². The van der Waals surface area contributed by atoms with Crippen LogP contribution in [0.5, 0.6) is 0 Å². The molecule has 1 atom stereocenters. The van der Waals surface area contributed by atoms with Crippen LogP contribution in [-0.2, 0) is 20.9 Å². The van der Waals surface area contributed by atoms with Crippen LogP contribution >= 0.6 is 0 Å². The second-order valence-corrected chi connectivity index (χ2v) is 3.82. The molecular weight excluding hydrogens is 203 g/mol. The van der Waals surface area contributed by atoms with E-state index < -0.39 is 9.74 Å². The first-order valence-corrected chi connectivity index (χ1v) is 4.94. The van der Waals surface area contributed by atoms with Crippen molar-refractivity contribution < 1.29 is 55.9 Å². The maximum absolute atomic E-state index is 10.8. The molecule has 0 saturated carbocycles. The van der Waals surface area contributed by atoms with Crippen molar-refractivity contribution in [2.75, 3.05) is 0 Å². The smallest absolute Gasteiger partial charge is 0.791 e. The summed E-state index contributed by atoms with van der Waals surface area (Å²) in [7, 11) is -1.26. The van der Waals surface area contributed by atoms with Gasteiger partial charge in [-0.25, -0.2) is 0 Å². The zero-order valence-electron chi connectivity index (χ0n) is 6.53. The predicted molar refractivity (Wildman–Crippen MR) is 45.0 cm³/mol. The van der Waals surface area contributed by atoms with Crippen LogP contribution in [0.3, 0.4) is 0 Å². The van der Waals surface area contributed by atoms with Crippen molar-refractivity contribution >= 4 is 20.9 Å². The molecule has 1 aromatic carbocycles. The minimum atomic E-state index is -1.26. The average molecular weight is 210 g/mol. The molecular formula is C7H7KOS2. The molecule has 0 aromatic heterocycles. The van der Waals surface area contributed by atoms with E-state index in [9.17, 15) is 4.55 Å². The topological polar surface area (TPSA) is 23.1 Å². The summed E-state index contributed by atoms with van der Waals surface area (Å²) < 4.78 is 10.8. The number of hydrogen-bond acceptors (Lipinski definition) is 2. The van der Waals surface area contributed by atoms with Gasteiger partial charge in [0.05, 0.1) is 0 Å². The fourth-order valence-electron chi connectivity index (χ4n) is 0.743. The molecule has 1 aromatic rings. The Labute approximate surface area is 116 Å². The molecule has 0 aliphatic carbocycles. The molecule has 0 spiro atoms. The molecule has 0 bridgehead atoms. The molecule has 0 amide bonds. The van der Waals surface area contributed by atoms with E-state index in [2.05, 4.69) is 11.2 Å². The molecule has 0 radical (unpaired) electrons. The van der Waals surface area contributed by atoms with Gasteiger partial charge >= 0.3 is 51.4 Å². The minimum Gasteiger partial charge on any atom is -0.791 e. The Balaban J connectivity index is 0.000001000. The SMILES string of the molecule is Cc1ccccc1S([O-])=S.[K+]. The summed E-state index contributed by atoms with van der Waals surface area (Å²) >= 11 is 4.61. The van der Waals surface area contributed by atoms with Crippen LogP contribution in [-0.4, -0.2) is 4.55 Å². The van der Waals surface area contributed by atoms with Crippen LogP contribution < -0.4 is 51.4 Å². The standard InChI is InChI=1S/C7H8OS2.K/c1-6-4-2-3-5-7(6)10(8)9;/h2-5H,1H3,(H,8,9);/q;+1/p-1. The van der Waals surface area contributed by atoms with Gasteiger partial charge in [0.1, 0.15) is 0 Å². The zero-order chi connectivity index (χ0) is 7.56. The number of hydrogen-bond donors (Lipinski definition) is 0. The Bertz CT molecular complexity index is 262. The van der Waals surface area contributed by atoms with Crippen molar-refractivity contribution in [3.8, 4) is 0 Å². The van der Waals surface area contributed by atoms with Gasteiger partial charge in [0.15, 0.2) is 0 Å². The van der Waals surface area contributed by atoms with Crippen LogP contribution in [0.4, 0.5) is 0 Å². The Hall–Kier alpha value is 1.39. The van der Waals surface area contributed by atoms with E-state index in [1.807, 2.05) is 25.1 Å². The first kappa shape index (κ1) is 12.4. The van der Waals surface area contributed by atoms with E-state index in [0.29, 0.717) is 0 Å². The molecule has 11 heavy (non-hydrogen) atoms. The van der Waals surface area contributed by atoms with E-state index in [1.54, 1.807) is 6.07 Å². The van der Waals surface area contributed by atoms with Gasteiger partial charge in [-0.1, -0.05) is 29.4 Å². The summed E-state index contributed by atoms with van der Waals surface area (Å²) in [6.07, 6.45) is 0. The number of aryl methyl sites for hydroxylation is 1. The maximum atomic E-state index is 10.8. The fourth-order valence-corrected chi connectivity index (χ4v) is 1.83. The van der Waals surface area contributed by atoms with Gasteiger partial charge in [-0.15, -0.1) is 0 Å². The predicted octanol–water partition coefficient (Wildman–Crippen LogP) is -1.43. The van der Waals surface area contributed by atoms with Gasteiger partial charge in [-0.05, 0) is 18.6 Å². The Morgan fingerprint density at radius 2 is 1.91 bits per heavy atom. The van der Waals surface area contributed by atoms with Crippen molar-refractivity contribution in [2.24, 2.45) is 0 Å². The van der Waals surface area contributed by atoms with Gasteiger partial charge < -0.3 is 4.55 Å². The molecule has 1 unspecified atom stereocenters. The first-order valence-electron chi connectivity index (χ1n) is 2.86. The second kappa shape index (κ2) is 5.93. The first-order chi connectivity index (χ1) is 4.72. The normalized spacial score (nSPS) is 11.8. The molecule has 1 nitrogen and oxygen atoms in total. The summed E-state index contributed by atoms with van der Waals surface area (Å²) in [6, 6.07) is 7.44. The third-order valence-electron chi connectivity index (χ3n) is 1.27. The monoisotopic (exact) mass is 210 g/mol. The Morgan fingerprint density at radius 1 is 1.36 bits per heavy atom. The van der Waals surface area contributed by atoms with Crippen LogP contribution in [0, 0.1) is 6.92 Å². The zero-order valence-corrected chi connectivity index (χ0v) is 11.3. The summed E-state index contributed by atoms with van der Waals surface area (Å²) in [5.74, 6) is 0. The summed E-state index contributed by atoms with van der Waals surface area (Å²) in [5.41, 5.74) is 0.996. The molecule has 1 rings (SSSR count). The van der Waals surface area contributed by atoms with Gasteiger partial charge in [0.25, 0.3) is 0 Å². The molecule has 0 fully saturated rings. The third-order valence-corrected chi connectivity index (χ3v) is 2.63. The molecule has 0 N–H and O–H groups in total. The van der Waals surface area contributed by atoms with Crippen molar-refractivity contribution in [2.45, 2.75) is 11.8 Å². The number of benzene rings is 1. The Morgan fingerprint density at radius 3 is 2.27 bits per heavy atom. The quantitative estimate of drug-likeness (QED) is 0.531. The van der Waals surface area contributed by atoms with Crippen molar-refractivity contribution in [1.29, 1.82) is 0 Å². The third kappa shape index (κ3) is 3.74. The second-order valence-electron chi connectivity index (χ2n) is 2.00. The molecule has 54 valence electrons. The van der Waals surface area contributed by atoms with E-state index in [1.165, 1.54) is 0 Å². The number of rotatable bonds is 1. The summed E-state index contributed by atoms with van der Waals surface area (Å²) in [4.78, 5) is 0.748. The van der Waals surface area contributed by atoms with Crippen LogP contribution in [0.15, 0.2) is 29.2 Å². The summed E-state index contributed by atoms with van der Waals surface area (Å²) in [5, 5.41) is 0. The van der Waals surface area contributed by atoms with Crippen LogP contribution in [0.2, 0.25) is 0 Å². The summed E-state index contributed by atoms with van der Waals surface area (Å²) in [6.45, 7) is 1.90. The van der Waals surface area contributed by atoms with Crippen LogP contribution in [0.1, 0.15) is 5.56 Å². The van der Waals surface area contributed by atoms with Crippen molar-refractivity contribution in [1.82, 2.24) is 0 Å². The minimum absolute atomic E-state index is 0. The van der Waals surface area contributed by atoms with E-state index in [0.717, 1.165) is 10.5 Å².